The summed E-state index contributed by atoms with van der Waals surface area (Å²) in [7, 11) is 0. The van der Waals surface area contributed by atoms with Crippen molar-refractivity contribution in [1.29, 1.82) is 0 Å². The van der Waals surface area contributed by atoms with Crippen LogP contribution in [0, 0.1) is 0 Å². The maximum atomic E-state index is 11.1. The van der Waals surface area contributed by atoms with E-state index in [1.807, 2.05) is 6.07 Å². The van der Waals surface area contributed by atoms with Gasteiger partial charge in [0.25, 0.3) is 0 Å². The van der Waals surface area contributed by atoms with Crippen molar-refractivity contribution >= 4 is 23.5 Å². The van der Waals surface area contributed by atoms with Gasteiger partial charge in [-0.3, -0.25) is 4.79 Å². The molecular weight excluding hydrogens is 324 g/mol. The van der Waals surface area contributed by atoms with Crippen molar-refractivity contribution in [3.63, 3.8) is 0 Å². The lowest BCUT2D eigenvalue weighted by Crippen LogP contribution is -2.11. The van der Waals surface area contributed by atoms with Crippen molar-refractivity contribution in [2.45, 2.75) is 0 Å². The lowest BCUT2D eigenvalue weighted by atomic mass is 10.2. The normalized spacial score (nSPS) is 12.2. The van der Waals surface area contributed by atoms with Gasteiger partial charge in [0.05, 0.1) is 5.69 Å². The first-order chi connectivity index (χ1) is 12.1. The van der Waals surface area contributed by atoms with Crippen LogP contribution in [0.5, 0.6) is 11.5 Å². The number of hydrogen-bond acceptors (Lipinski definition) is 7. The SMILES string of the molecule is NC(=O)c1ccc(-n2nc(Nc3ccc4c(c3)OCO4)nc2N)cc1. The molecule has 0 spiro atoms. The van der Waals surface area contributed by atoms with Crippen LogP contribution in [0.3, 0.4) is 0 Å². The van der Waals surface area contributed by atoms with Crippen LogP contribution >= 0.6 is 0 Å². The van der Waals surface area contributed by atoms with Gasteiger partial charge in [0, 0.05) is 17.3 Å². The quantitative estimate of drug-likeness (QED) is 0.655. The Balaban J connectivity index is 1.58. The van der Waals surface area contributed by atoms with E-state index in [9.17, 15) is 4.79 Å². The first-order valence-corrected chi connectivity index (χ1v) is 7.39. The molecule has 0 bridgehead atoms. The molecule has 0 fully saturated rings. The third-order valence-electron chi connectivity index (χ3n) is 3.66. The van der Waals surface area contributed by atoms with E-state index < -0.39 is 5.91 Å². The molecule has 1 aromatic heterocycles. The monoisotopic (exact) mass is 338 g/mol. The molecule has 1 aliphatic rings. The molecule has 4 rings (SSSR count). The van der Waals surface area contributed by atoms with Crippen LogP contribution in [0.2, 0.25) is 0 Å². The molecular formula is C16H14N6O3. The Bertz CT molecular complexity index is 951. The summed E-state index contributed by atoms with van der Waals surface area (Å²) in [6, 6.07) is 12.0. The molecule has 2 aromatic carbocycles. The summed E-state index contributed by atoms with van der Waals surface area (Å²) in [5.41, 5.74) is 13.0. The summed E-state index contributed by atoms with van der Waals surface area (Å²) in [6.45, 7) is 0.208. The second kappa shape index (κ2) is 5.71. The second-order valence-corrected chi connectivity index (χ2v) is 5.31. The topological polar surface area (TPSA) is 130 Å². The van der Waals surface area contributed by atoms with Crippen molar-refractivity contribution in [3.8, 4) is 17.2 Å². The van der Waals surface area contributed by atoms with Crippen molar-refractivity contribution in [3.05, 3.63) is 48.0 Å². The summed E-state index contributed by atoms with van der Waals surface area (Å²) >= 11 is 0. The number of ether oxygens (including phenoxy) is 2. The summed E-state index contributed by atoms with van der Waals surface area (Å²) in [6.07, 6.45) is 0. The van der Waals surface area contributed by atoms with Gasteiger partial charge in [0.2, 0.25) is 24.6 Å². The highest BCUT2D eigenvalue weighted by Crippen LogP contribution is 2.34. The van der Waals surface area contributed by atoms with E-state index in [4.69, 9.17) is 20.9 Å². The van der Waals surface area contributed by atoms with Gasteiger partial charge in [-0.05, 0) is 36.4 Å². The lowest BCUT2D eigenvalue weighted by Gasteiger charge is -2.04. The molecule has 9 heteroatoms. The van der Waals surface area contributed by atoms with E-state index in [1.54, 1.807) is 36.4 Å². The van der Waals surface area contributed by atoms with Gasteiger partial charge < -0.3 is 26.3 Å². The van der Waals surface area contributed by atoms with E-state index in [1.165, 1.54) is 4.68 Å². The largest absolute Gasteiger partial charge is 0.454 e. The third kappa shape index (κ3) is 2.78. The molecule has 0 atom stereocenters. The number of nitrogens with zero attached hydrogens (tertiary/aromatic N) is 3. The van der Waals surface area contributed by atoms with Gasteiger partial charge in [-0.25, -0.2) is 0 Å². The van der Waals surface area contributed by atoms with E-state index >= 15 is 0 Å². The Morgan fingerprint density at radius 2 is 1.88 bits per heavy atom. The Morgan fingerprint density at radius 1 is 1.12 bits per heavy atom. The van der Waals surface area contributed by atoms with E-state index in [2.05, 4.69) is 15.4 Å². The highest BCUT2D eigenvalue weighted by Gasteiger charge is 2.15. The Kier molecular flexibility index (Phi) is 3.38. The maximum absolute atomic E-state index is 11.1. The molecule has 0 saturated heterocycles. The predicted molar refractivity (Wildman–Crippen MR) is 90.1 cm³/mol. The maximum Gasteiger partial charge on any atom is 0.248 e. The van der Waals surface area contributed by atoms with E-state index in [0.29, 0.717) is 28.7 Å². The molecule has 25 heavy (non-hydrogen) atoms. The first kappa shape index (κ1) is 14.8. The van der Waals surface area contributed by atoms with E-state index in [0.717, 1.165) is 5.69 Å². The smallest absolute Gasteiger partial charge is 0.248 e. The molecule has 3 aromatic rings. The fourth-order valence-corrected chi connectivity index (χ4v) is 2.44. The van der Waals surface area contributed by atoms with Gasteiger partial charge in [-0.2, -0.15) is 9.67 Å². The predicted octanol–water partition coefficient (Wildman–Crippen LogP) is 1.42. The number of carbonyl (C=O) groups is 1. The molecule has 0 saturated carbocycles. The molecule has 0 aliphatic carbocycles. The zero-order chi connectivity index (χ0) is 17.4. The summed E-state index contributed by atoms with van der Waals surface area (Å²) in [4.78, 5) is 15.3. The summed E-state index contributed by atoms with van der Waals surface area (Å²) in [5.74, 6) is 1.38. The minimum atomic E-state index is -0.497. The molecule has 126 valence electrons. The second-order valence-electron chi connectivity index (χ2n) is 5.31. The Morgan fingerprint density at radius 3 is 2.64 bits per heavy atom. The number of fused-ring (bicyclic) bond motifs is 1. The number of amides is 1. The summed E-state index contributed by atoms with van der Waals surface area (Å²) in [5, 5.41) is 7.39. The van der Waals surface area contributed by atoms with Crippen molar-refractivity contribution in [2.24, 2.45) is 5.73 Å². The molecule has 9 nitrogen and oxygen atoms in total. The minimum Gasteiger partial charge on any atom is -0.454 e. The third-order valence-corrected chi connectivity index (χ3v) is 3.66. The Hall–Kier alpha value is -3.75. The Labute approximate surface area is 142 Å². The fourth-order valence-electron chi connectivity index (χ4n) is 2.44. The van der Waals surface area contributed by atoms with Gasteiger partial charge in [-0.1, -0.05) is 0 Å². The van der Waals surface area contributed by atoms with Gasteiger partial charge in [0.1, 0.15) is 0 Å². The molecule has 0 unspecified atom stereocenters. The van der Waals surface area contributed by atoms with Crippen molar-refractivity contribution in [1.82, 2.24) is 14.8 Å². The number of nitrogen functional groups attached to an aromatic ring is 1. The zero-order valence-corrected chi connectivity index (χ0v) is 13.0. The number of rotatable bonds is 4. The summed E-state index contributed by atoms with van der Waals surface area (Å²) < 4.78 is 12.1. The number of benzene rings is 2. The highest BCUT2D eigenvalue weighted by atomic mass is 16.7. The van der Waals surface area contributed by atoms with Crippen LogP contribution < -0.4 is 26.3 Å². The minimum absolute atomic E-state index is 0.204. The number of primary amides is 1. The average molecular weight is 338 g/mol. The highest BCUT2D eigenvalue weighted by molar-refractivity contribution is 5.92. The van der Waals surface area contributed by atoms with Crippen LogP contribution in [0.1, 0.15) is 10.4 Å². The fraction of sp³-hybridized carbons (Fsp3) is 0.0625. The lowest BCUT2D eigenvalue weighted by molar-refractivity contribution is 0.100. The molecule has 0 radical (unpaired) electrons. The molecule has 1 amide bonds. The van der Waals surface area contributed by atoms with E-state index in [-0.39, 0.29) is 12.7 Å². The average Bonchev–Trinajstić information content (AvgIpc) is 3.21. The van der Waals surface area contributed by atoms with Crippen molar-refractivity contribution in [2.75, 3.05) is 17.8 Å². The first-order valence-electron chi connectivity index (χ1n) is 7.39. The number of carbonyl (C=O) groups excluding carboxylic acids is 1. The van der Waals surface area contributed by atoms with Gasteiger partial charge in [0.15, 0.2) is 11.5 Å². The van der Waals surface area contributed by atoms with Crippen LogP contribution in [-0.2, 0) is 0 Å². The van der Waals surface area contributed by atoms with Crippen LogP contribution in [0.15, 0.2) is 42.5 Å². The van der Waals surface area contributed by atoms with Crippen LogP contribution in [-0.4, -0.2) is 27.5 Å². The number of nitrogens with two attached hydrogens (primary N) is 2. The molecule has 1 aliphatic heterocycles. The number of aromatic nitrogens is 3. The van der Waals surface area contributed by atoms with Gasteiger partial charge >= 0.3 is 0 Å². The van der Waals surface area contributed by atoms with Gasteiger partial charge in [-0.15, -0.1) is 5.10 Å². The standard InChI is InChI=1S/C16H14N6O3/c17-14(23)9-1-4-11(5-2-9)22-15(18)20-16(21-22)19-10-3-6-12-13(7-10)25-8-24-12/h1-7H,8H2,(H2,17,23)(H3,18,19,20,21). The number of anilines is 3. The number of nitrogens with one attached hydrogen (secondary N) is 1. The molecule has 2 heterocycles. The van der Waals surface area contributed by atoms with Crippen LogP contribution in [0.4, 0.5) is 17.6 Å². The number of hydrogen-bond donors (Lipinski definition) is 3. The van der Waals surface area contributed by atoms with Crippen molar-refractivity contribution < 1.29 is 14.3 Å². The van der Waals surface area contributed by atoms with Crippen LogP contribution in [0.25, 0.3) is 5.69 Å². The molecule has 5 N–H and O–H groups in total. The zero-order valence-electron chi connectivity index (χ0n) is 13.0.